The Hall–Kier alpha value is -4.13. The molecule has 4 aromatic rings. The minimum atomic E-state index is -1.01. The van der Waals surface area contributed by atoms with E-state index in [1.54, 1.807) is 30.3 Å². The van der Waals surface area contributed by atoms with Gasteiger partial charge in [0.25, 0.3) is 5.91 Å². The number of methoxy groups -OCH3 is 1. The molecule has 3 aromatic carbocycles. The molecule has 0 spiro atoms. The van der Waals surface area contributed by atoms with Crippen molar-refractivity contribution in [3.8, 4) is 5.75 Å². The molecule has 1 heterocycles. The van der Waals surface area contributed by atoms with E-state index in [-0.39, 0.29) is 6.42 Å². The van der Waals surface area contributed by atoms with Gasteiger partial charge in [0.2, 0.25) is 5.91 Å². The summed E-state index contributed by atoms with van der Waals surface area (Å²) < 4.78 is 10.4. The molecule has 0 saturated heterocycles. The largest absolute Gasteiger partial charge is 0.497 e. The quantitative estimate of drug-likeness (QED) is 0.470. The Morgan fingerprint density at radius 1 is 1.03 bits per heavy atom. The van der Waals surface area contributed by atoms with E-state index in [0.29, 0.717) is 27.8 Å². The summed E-state index contributed by atoms with van der Waals surface area (Å²) in [4.78, 5) is 36.9. The first-order chi connectivity index (χ1) is 14.9. The number of benzene rings is 3. The predicted molar refractivity (Wildman–Crippen MR) is 117 cm³/mol. The van der Waals surface area contributed by atoms with Gasteiger partial charge >= 0.3 is 5.63 Å². The molecule has 4 rings (SSSR count). The van der Waals surface area contributed by atoms with Gasteiger partial charge in [0, 0.05) is 29.5 Å². The van der Waals surface area contributed by atoms with Gasteiger partial charge in [0.15, 0.2) is 0 Å². The Labute approximate surface area is 177 Å². The number of amides is 2. The first-order valence-electron chi connectivity index (χ1n) is 9.64. The van der Waals surface area contributed by atoms with Crippen LogP contribution in [0, 0.1) is 0 Å². The maximum absolute atomic E-state index is 12.8. The number of nitrogens with two attached hydrogens (primary N) is 1. The van der Waals surface area contributed by atoms with E-state index in [1.807, 2.05) is 30.3 Å². The summed E-state index contributed by atoms with van der Waals surface area (Å²) >= 11 is 0. The summed E-state index contributed by atoms with van der Waals surface area (Å²) in [6.07, 6.45) is 0.0447. The van der Waals surface area contributed by atoms with E-state index in [9.17, 15) is 14.4 Å². The number of nitrogens with one attached hydrogen (secondary N) is 1. The summed E-state index contributed by atoms with van der Waals surface area (Å²) in [6, 6.07) is 18.3. The number of hydrogen-bond acceptors (Lipinski definition) is 5. The molecule has 2 amide bonds. The first kappa shape index (κ1) is 20.2. The van der Waals surface area contributed by atoms with Crippen molar-refractivity contribution in [3.63, 3.8) is 0 Å². The Balaban J connectivity index is 1.63. The maximum Gasteiger partial charge on any atom is 0.336 e. The Kier molecular flexibility index (Phi) is 5.41. The minimum absolute atomic E-state index is 0.0447. The number of hydrogen-bond donors (Lipinski definition) is 2. The summed E-state index contributed by atoms with van der Waals surface area (Å²) in [5, 5.41) is 5.22. The van der Waals surface area contributed by atoms with Crippen LogP contribution in [0.15, 0.2) is 75.9 Å². The molecule has 7 nitrogen and oxygen atoms in total. The standard InChI is InChI=1S/C24H20N2O5/c1-30-18-8-9-19-17(12-22(27)31-21(19)13-18)11-20(23(25)28)26-24(29)16-7-6-14-4-2-3-5-15(14)10-16/h2-10,12-13,20H,11H2,1H3,(H2,25,28)(H,26,29)/t20-/m0/s1. The highest BCUT2D eigenvalue weighted by molar-refractivity contribution is 6.00. The van der Waals surface area contributed by atoms with Crippen molar-refractivity contribution in [1.29, 1.82) is 0 Å². The lowest BCUT2D eigenvalue weighted by Crippen LogP contribution is -2.46. The third kappa shape index (κ3) is 4.25. The van der Waals surface area contributed by atoms with Gasteiger partial charge in [-0.05, 0) is 40.6 Å². The molecule has 0 bridgehead atoms. The Morgan fingerprint density at radius 2 is 1.81 bits per heavy atom. The molecule has 0 radical (unpaired) electrons. The van der Waals surface area contributed by atoms with Crippen LogP contribution >= 0.6 is 0 Å². The molecule has 7 heteroatoms. The van der Waals surface area contributed by atoms with E-state index >= 15 is 0 Å². The lowest BCUT2D eigenvalue weighted by Gasteiger charge is -2.17. The summed E-state index contributed by atoms with van der Waals surface area (Å²) in [7, 11) is 1.51. The van der Waals surface area contributed by atoms with Crippen LogP contribution in [-0.2, 0) is 11.2 Å². The molecule has 31 heavy (non-hydrogen) atoms. The van der Waals surface area contributed by atoms with Crippen molar-refractivity contribution in [2.24, 2.45) is 5.73 Å². The highest BCUT2D eigenvalue weighted by atomic mass is 16.5. The van der Waals surface area contributed by atoms with Gasteiger partial charge < -0.3 is 20.2 Å². The highest BCUT2D eigenvalue weighted by Crippen LogP contribution is 2.23. The fourth-order valence-corrected chi connectivity index (χ4v) is 3.52. The number of carbonyl (C=O) groups is 2. The SMILES string of the molecule is COc1ccc2c(C[C@H](NC(=O)c3ccc4ccccc4c3)C(N)=O)cc(=O)oc2c1. The molecule has 1 atom stereocenters. The second-order valence-corrected chi connectivity index (χ2v) is 7.15. The van der Waals surface area contributed by atoms with Crippen LogP contribution in [0.3, 0.4) is 0 Å². The number of rotatable bonds is 6. The molecule has 0 aliphatic carbocycles. The topological polar surface area (TPSA) is 112 Å². The van der Waals surface area contributed by atoms with Gasteiger partial charge in [-0.25, -0.2) is 4.79 Å². The van der Waals surface area contributed by atoms with Gasteiger partial charge in [0.1, 0.15) is 17.4 Å². The van der Waals surface area contributed by atoms with Crippen LogP contribution in [0.1, 0.15) is 15.9 Å². The molecule has 0 aliphatic rings. The predicted octanol–water partition coefficient (Wildman–Crippen LogP) is 2.78. The average molecular weight is 416 g/mol. The van der Waals surface area contributed by atoms with Gasteiger partial charge in [-0.3, -0.25) is 9.59 Å². The molecule has 0 saturated carbocycles. The van der Waals surface area contributed by atoms with Crippen molar-refractivity contribution >= 4 is 33.6 Å². The molecule has 156 valence electrons. The Morgan fingerprint density at radius 3 is 2.55 bits per heavy atom. The number of carbonyl (C=O) groups excluding carboxylic acids is 2. The zero-order valence-electron chi connectivity index (χ0n) is 16.8. The Bertz CT molecular complexity index is 1360. The molecule has 0 fully saturated rings. The number of primary amides is 1. The van der Waals surface area contributed by atoms with Crippen LogP contribution in [-0.4, -0.2) is 25.0 Å². The van der Waals surface area contributed by atoms with Crippen LogP contribution in [0.5, 0.6) is 5.75 Å². The van der Waals surface area contributed by atoms with Crippen LogP contribution in [0.25, 0.3) is 21.7 Å². The zero-order chi connectivity index (χ0) is 22.0. The molecule has 3 N–H and O–H groups in total. The third-order valence-electron chi connectivity index (χ3n) is 5.12. The average Bonchev–Trinajstić information content (AvgIpc) is 2.77. The normalized spacial score (nSPS) is 11.9. The molecular formula is C24H20N2O5. The number of fused-ring (bicyclic) bond motifs is 2. The monoisotopic (exact) mass is 416 g/mol. The summed E-state index contributed by atoms with van der Waals surface area (Å²) in [5.74, 6) is -0.601. The molecular weight excluding hydrogens is 396 g/mol. The second kappa shape index (κ2) is 8.31. The minimum Gasteiger partial charge on any atom is -0.497 e. The highest BCUT2D eigenvalue weighted by Gasteiger charge is 2.21. The summed E-state index contributed by atoms with van der Waals surface area (Å²) in [5.41, 5.74) is 6.26. The van der Waals surface area contributed by atoms with E-state index in [2.05, 4.69) is 5.32 Å². The van der Waals surface area contributed by atoms with Gasteiger partial charge in [-0.1, -0.05) is 30.3 Å². The second-order valence-electron chi connectivity index (χ2n) is 7.15. The van der Waals surface area contributed by atoms with Crippen molar-refractivity contribution in [1.82, 2.24) is 5.32 Å². The first-order valence-corrected chi connectivity index (χ1v) is 9.64. The van der Waals surface area contributed by atoms with Gasteiger partial charge in [0.05, 0.1) is 7.11 Å². The molecule has 0 aliphatic heterocycles. The lowest BCUT2D eigenvalue weighted by molar-refractivity contribution is -0.119. The fourth-order valence-electron chi connectivity index (χ4n) is 3.52. The third-order valence-corrected chi connectivity index (χ3v) is 5.12. The zero-order valence-corrected chi connectivity index (χ0v) is 16.8. The van der Waals surface area contributed by atoms with Crippen molar-refractivity contribution in [3.05, 3.63) is 88.3 Å². The van der Waals surface area contributed by atoms with Crippen LogP contribution in [0.2, 0.25) is 0 Å². The van der Waals surface area contributed by atoms with Crippen molar-refractivity contribution in [2.75, 3.05) is 7.11 Å². The van der Waals surface area contributed by atoms with E-state index < -0.39 is 23.5 Å². The summed E-state index contributed by atoms with van der Waals surface area (Å²) in [6.45, 7) is 0. The lowest BCUT2D eigenvalue weighted by atomic mass is 10.0. The number of ether oxygens (including phenoxy) is 1. The van der Waals surface area contributed by atoms with Gasteiger partial charge in [-0.15, -0.1) is 0 Å². The van der Waals surface area contributed by atoms with E-state index in [4.69, 9.17) is 14.9 Å². The smallest absolute Gasteiger partial charge is 0.336 e. The van der Waals surface area contributed by atoms with E-state index in [1.165, 1.54) is 13.2 Å². The van der Waals surface area contributed by atoms with Crippen molar-refractivity contribution < 1.29 is 18.7 Å². The molecule has 1 aromatic heterocycles. The fraction of sp³-hybridized carbons (Fsp3) is 0.125. The van der Waals surface area contributed by atoms with Crippen LogP contribution < -0.4 is 21.4 Å². The van der Waals surface area contributed by atoms with Gasteiger partial charge in [-0.2, -0.15) is 0 Å². The van der Waals surface area contributed by atoms with Crippen molar-refractivity contribution in [2.45, 2.75) is 12.5 Å². The maximum atomic E-state index is 12.8. The van der Waals surface area contributed by atoms with Crippen LogP contribution in [0.4, 0.5) is 0 Å². The molecule has 0 unspecified atom stereocenters. The van der Waals surface area contributed by atoms with E-state index in [0.717, 1.165) is 10.8 Å².